The molecule has 1 aliphatic heterocycles. The first kappa shape index (κ1) is 17.8. The summed E-state index contributed by atoms with van der Waals surface area (Å²) >= 11 is 0. The molecular formula is C20H24N4O2. The molecule has 6 heteroatoms. The smallest absolute Gasteiger partial charge is 0.241 e. The van der Waals surface area contributed by atoms with Gasteiger partial charge in [-0.15, -0.1) is 0 Å². The molecule has 6 nitrogen and oxygen atoms in total. The van der Waals surface area contributed by atoms with Crippen LogP contribution in [0.2, 0.25) is 0 Å². The predicted octanol–water partition coefficient (Wildman–Crippen LogP) is 2.23. The molecule has 1 saturated heterocycles. The summed E-state index contributed by atoms with van der Waals surface area (Å²) in [5.74, 6) is 0.0650. The molecule has 3 N–H and O–H groups in total. The summed E-state index contributed by atoms with van der Waals surface area (Å²) in [6, 6.07) is 15.0. The second kappa shape index (κ2) is 7.91. The molecule has 136 valence electrons. The molecule has 0 bridgehead atoms. The van der Waals surface area contributed by atoms with Crippen molar-refractivity contribution in [2.45, 2.75) is 6.92 Å². The third-order valence-electron chi connectivity index (χ3n) is 4.62. The minimum Gasteiger partial charge on any atom is -0.397 e. The summed E-state index contributed by atoms with van der Waals surface area (Å²) < 4.78 is 0. The molecule has 0 aromatic heterocycles. The van der Waals surface area contributed by atoms with Crippen molar-refractivity contribution < 1.29 is 9.59 Å². The summed E-state index contributed by atoms with van der Waals surface area (Å²) in [6.07, 6.45) is 0. The van der Waals surface area contributed by atoms with E-state index < -0.39 is 0 Å². The van der Waals surface area contributed by atoms with E-state index in [1.54, 1.807) is 12.1 Å². The number of hydrogen-bond donors (Lipinski definition) is 2. The number of Topliss-reactive ketones (excluding diaryl/α,β-unsaturated/α-hetero) is 1. The zero-order valence-electron chi connectivity index (χ0n) is 14.9. The Balaban J connectivity index is 1.52. The Kier molecular flexibility index (Phi) is 5.41. The van der Waals surface area contributed by atoms with Crippen LogP contribution < -0.4 is 16.0 Å². The van der Waals surface area contributed by atoms with E-state index in [2.05, 4.69) is 10.2 Å². The highest BCUT2D eigenvalue weighted by molar-refractivity contribution is 5.95. The van der Waals surface area contributed by atoms with Crippen LogP contribution in [0, 0.1) is 0 Å². The minimum atomic E-state index is 0.0104. The van der Waals surface area contributed by atoms with Crippen molar-refractivity contribution in [3.8, 4) is 0 Å². The first-order valence-electron chi connectivity index (χ1n) is 8.76. The maximum Gasteiger partial charge on any atom is 0.241 e. The van der Waals surface area contributed by atoms with Gasteiger partial charge in [-0.05, 0) is 31.2 Å². The molecule has 0 saturated carbocycles. The number of carbonyl (C=O) groups is 2. The third kappa shape index (κ3) is 4.14. The van der Waals surface area contributed by atoms with Crippen LogP contribution in [0.3, 0.4) is 0 Å². The van der Waals surface area contributed by atoms with Gasteiger partial charge in [-0.2, -0.15) is 0 Å². The fourth-order valence-corrected chi connectivity index (χ4v) is 3.11. The van der Waals surface area contributed by atoms with Crippen molar-refractivity contribution in [2.24, 2.45) is 0 Å². The van der Waals surface area contributed by atoms with Crippen LogP contribution in [0.5, 0.6) is 0 Å². The average molecular weight is 352 g/mol. The quantitative estimate of drug-likeness (QED) is 0.637. The third-order valence-corrected chi connectivity index (χ3v) is 4.62. The SMILES string of the molecule is CC(=O)c1cccc(NCC(=O)N2CCN(c3ccccc3N)CC2)c1. The second-order valence-corrected chi connectivity index (χ2v) is 6.42. The fraction of sp³-hybridized carbons (Fsp3) is 0.300. The van der Waals surface area contributed by atoms with E-state index in [1.807, 2.05) is 41.3 Å². The van der Waals surface area contributed by atoms with Crippen LogP contribution in [-0.4, -0.2) is 49.3 Å². The number of ketones is 1. The molecule has 0 aliphatic carbocycles. The summed E-state index contributed by atoms with van der Waals surface area (Å²) in [6.45, 7) is 4.61. The molecule has 1 heterocycles. The van der Waals surface area contributed by atoms with Gasteiger partial charge in [-0.3, -0.25) is 9.59 Å². The molecule has 1 fully saturated rings. The van der Waals surface area contributed by atoms with Crippen molar-refractivity contribution in [2.75, 3.05) is 48.7 Å². The molecule has 0 unspecified atom stereocenters. The molecule has 2 aromatic rings. The summed E-state index contributed by atoms with van der Waals surface area (Å²) in [7, 11) is 0. The standard InChI is InChI=1S/C20H24N4O2/c1-15(25)16-5-4-6-17(13-16)22-14-20(26)24-11-9-23(10-12-24)19-8-3-2-7-18(19)21/h2-8,13,22H,9-12,14,21H2,1H3. The highest BCUT2D eigenvalue weighted by Crippen LogP contribution is 2.23. The average Bonchev–Trinajstić information content (AvgIpc) is 2.67. The number of rotatable bonds is 5. The predicted molar refractivity (Wildman–Crippen MR) is 105 cm³/mol. The van der Waals surface area contributed by atoms with Crippen LogP contribution >= 0.6 is 0 Å². The van der Waals surface area contributed by atoms with E-state index in [-0.39, 0.29) is 18.2 Å². The summed E-state index contributed by atoms with van der Waals surface area (Å²) in [5.41, 5.74) is 9.24. The first-order chi connectivity index (χ1) is 12.5. The van der Waals surface area contributed by atoms with E-state index in [4.69, 9.17) is 5.73 Å². The van der Waals surface area contributed by atoms with Crippen LogP contribution in [0.15, 0.2) is 48.5 Å². The molecule has 1 amide bonds. The number of carbonyl (C=O) groups excluding carboxylic acids is 2. The first-order valence-corrected chi connectivity index (χ1v) is 8.76. The zero-order chi connectivity index (χ0) is 18.5. The van der Waals surface area contributed by atoms with Gasteiger partial charge in [0.15, 0.2) is 5.78 Å². The molecule has 2 aromatic carbocycles. The Hall–Kier alpha value is -3.02. The lowest BCUT2D eigenvalue weighted by molar-refractivity contribution is -0.129. The number of hydrogen-bond acceptors (Lipinski definition) is 5. The van der Waals surface area contributed by atoms with E-state index in [1.165, 1.54) is 6.92 Å². The van der Waals surface area contributed by atoms with Gasteiger partial charge in [0.2, 0.25) is 5.91 Å². The zero-order valence-corrected chi connectivity index (χ0v) is 14.9. The van der Waals surface area contributed by atoms with Gasteiger partial charge < -0.3 is 20.9 Å². The second-order valence-electron chi connectivity index (χ2n) is 6.42. The Morgan fingerprint density at radius 3 is 2.46 bits per heavy atom. The lowest BCUT2D eigenvalue weighted by Gasteiger charge is -2.36. The topological polar surface area (TPSA) is 78.7 Å². The van der Waals surface area contributed by atoms with Gasteiger partial charge in [0.1, 0.15) is 0 Å². The minimum absolute atomic E-state index is 0.0104. The van der Waals surface area contributed by atoms with Crippen LogP contribution in [-0.2, 0) is 4.79 Å². The van der Waals surface area contributed by atoms with Gasteiger partial charge in [-0.1, -0.05) is 24.3 Å². The number of para-hydroxylation sites is 2. The highest BCUT2D eigenvalue weighted by atomic mass is 16.2. The number of benzene rings is 2. The number of nitrogens with zero attached hydrogens (tertiary/aromatic N) is 2. The lowest BCUT2D eigenvalue weighted by atomic mass is 10.1. The van der Waals surface area contributed by atoms with Gasteiger partial charge >= 0.3 is 0 Å². The fourth-order valence-electron chi connectivity index (χ4n) is 3.11. The van der Waals surface area contributed by atoms with E-state index >= 15 is 0 Å². The van der Waals surface area contributed by atoms with Crippen LogP contribution in [0.25, 0.3) is 0 Å². The Bertz CT molecular complexity index is 798. The molecule has 3 rings (SSSR count). The molecular weight excluding hydrogens is 328 g/mol. The Morgan fingerprint density at radius 1 is 1.04 bits per heavy atom. The monoisotopic (exact) mass is 352 g/mol. The van der Waals surface area contributed by atoms with Crippen molar-refractivity contribution >= 4 is 28.8 Å². The van der Waals surface area contributed by atoms with Crippen molar-refractivity contribution in [1.29, 1.82) is 0 Å². The lowest BCUT2D eigenvalue weighted by Crippen LogP contribution is -2.50. The number of nitrogens with one attached hydrogen (secondary N) is 1. The van der Waals surface area contributed by atoms with Crippen molar-refractivity contribution in [3.63, 3.8) is 0 Å². The van der Waals surface area contributed by atoms with Gasteiger partial charge in [0.05, 0.1) is 17.9 Å². The van der Waals surface area contributed by atoms with E-state index in [9.17, 15) is 9.59 Å². The van der Waals surface area contributed by atoms with Crippen LogP contribution in [0.4, 0.5) is 17.1 Å². The molecule has 0 spiro atoms. The molecule has 0 atom stereocenters. The Labute approximate surface area is 153 Å². The highest BCUT2D eigenvalue weighted by Gasteiger charge is 2.21. The number of amides is 1. The van der Waals surface area contributed by atoms with Crippen molar-refractivity contribution in [1.82, 2.24) is 4.90 Å². The summed E-state index contributed by atoms with van der Waals surface area (Å²) in [5, 5.41) is 3.11. The Morgan fingerprint density at radius 2 is 1.77 bits per heavy atom. The normalized spacial score (nSPS) is 14.2. The van der Waals surface area contributed by atoms with Crippen molar-refractivity contribution in [3.05, 3.63) is 54.1 Å². The van der Waals surface area contributed by atoms with Gasteiger partial charge in [-0.25, -0.2) is 0 Å². The number of nitrogens with two attached hydrogens (primary N) is 1. The maximum atomic E-state index is 12.5. The number of nitrogen functional groups attached to an aromatic ring is 1. The molecule has 0 radical (unpaired) electrons. The van der Waals surface area contributed by atoms with E-state index in [0.29, 0.717) is 18.7 Å². The largest absolute Gasteiger partial charge is 0.397 e. The van der Waals surface area contributed by atoms with Crippen LogP contribution in [0.1, 0.15) is 17.3 Å². The number of anilines is 3. The number of piperazine rings is 1. The van der Waals surface area contributed by atoms with E-state index in [0.717, 1.165) is 30.2 Å². The van der Waals surface area contributed by atoms with Gasteiger partial charge in [0.25, 0.3) is 0 Å². The maximum absolute atomic E-state index is 12.5. The van der Waals surface area contributed by atoms with Gasteiger partial charge in [0, 0.05) is 37.4 Å². The molecule has 1 aliphatic rings. The summed E-state index contributed by atoms with van der Waals surface area (Å²) in [4.78, 5) is 28.0. The molecule has 26 heavy (non-hydrogen) atoms.